The van der Waals surface area contributed by atoms with Crippen molar-refractivity contribution < 1.29 is 42.7 Å². The average Bonchev–Trinajstić information content (AvgIpc) is 2.49. The zero-order valence-corrected chi connectivity index (χ0v) is 12.1. The van der Waals surface area contributed by atoms with Crippen molar-refractivity contribution in [1.29, 1.82) is 0 Å². The minimum absolute atomic E-state index is 0.0922. The molecule has 0 aliphatic rings. The Balaban J connectivity index is 3.16. The van der Waals surface area contributed by atoms with Gasteiger partial charge in [0.15, 0.2) is 0 Å². The molecule has 1 aromatic heterocycles. The van der Waals surface area contributed by atoms with Crippen LogP contribution in [0, 0.1) is 10.1 Å². The largest absolute Gasteiger partial charge is 0.481 e. The number of alkyl halides is 3. The van der Waals surface area contributed by atoms with E-state index >= 15 is 0 Å². The third-order valence-electron chi connectivity index (χ3n) is 2.85. The van der Waals surface area contributed by atoms with Gasteiger partial charge in [0, 0.05) is 12.5 Å². The van der Waals surface area contributed by atoms with E-state index in [4.69, 9.17) is 10.2 Å². The molecule has 0 aliphatic heterocycles. The van der Waals surface area contributed by atoms with E-state index in [-0.39, 0.29) is 6.07 Å². The maximum atomic E-state index is 13.0. The van der Waals surface area contributed by atoms with Gasteiger partial charge in [-0.05, 0) is 6.42 Å². The highest BCUT2D eigenvalue weighted by atomic mass is 19.4. The van der Waals surface area contributed by atoms with E-state index in [1.54, 1.807) is 5.32 Å². The summed E-state index contributed by atoms with van der Waals surface area (Å²) >= 11 is 0. The second kappa shape index (κ2) is 7.55. The number of hydrogen-bond donors (Lipinski definition) is 3. The van der Waals surface area contributed by atoms with E-state index in [0.29, 0.717) is 6.20 Å². The predicted octanol–water partition coefficient (Wildman–Crippen LogP) is 1.06. The summed E-state index contributed by atoms with van der Waals surface area (Å²) in [7, 11) is 0. The molecule has 0 bridgehead atoms. The molecular formula is C12H10F3N3O7. The van der Waals surface area contributed by atoms with Gasteiger partial charge in [-0.1, -0.05) is 0 Å². The summed E-state index contributed by atoms with van der Waals surface area (Å²) in [6.07, 6.45) is -5.98. The van der Waals surface area contributed by atoms with Crippen LogP contribution in [-0.2, 0) is 15.8 Å². The molecule has 1 amide bonds. The van der Waals surface area contributed by atoms with Crippen LogP contribution in [0.25, 0.3) is 0 Å². The zero-order chi connectivity index (χ0) is 19.4. The van der Waals surface area contributed by atoms with Gasteiger partial charge in [0.2, 0.25) is 0 Å². The number of carboxylic acid groups (broad SMARTS) is 2. The van der Waals surface area contributed by atoms with Gasteiger partial charge in [0.1, 0.15) is 17.9 Å². The van der Waals surface area contributed by atoms with E-state index < -0.39 is 64.8 Å². The molecule has 1 rings (SSSR count). The smallest absolute Gasteiger partial charge is 0.418 e. The third-order valence-corrected chi connectivity index (χ3v) is 2.85. The number of aliphatic carboxylic acids is 2. The highest BCUT2D eigenvalue weighted by molar-refractivity contribution is 5.96. The van der Waals surface area contributed by atoms with Crippen LogP contribution in [0.1, 0.15) is 28.9 Å². The molecule has 3 N–H and O–H groups in total. The van der Waals surface area contributed by atoms with Crippen molar-refractivity contribution in [1.82, 2.24) is 10.3 Å². The Kier molecular flexibility index (Phi) is 5.98. The average molecular weight is 365 g/mol. The highest BCUT2D eigenvalue weighted by Crippen LogP contribution is 2.33. The number of nitrogens with zero attached hydrogens (tertiary/aromatic N) is 2. The molecule has 0 spiro atoms. The lowest BCUT2D eigenvalue weighted by molar-refractivity contribution is -0.385. The first-order chi connectivity index (χ1) is 11.4. The lowest BCUT2D eigenvalue weighted by Crippen LogP contribution is -2.42. The van der Waals surface area contributed by atoms with Gasteiger partial charge in [-0.3, -0.25) is 19.7 Å². The number of hydrogen-bond acceptors (Lipinski definition) is 6. The Labute approximate surface area is 136 Å². The Morgan fingerprint density at radius 3 is 2.36 bits per heavy atom. The molecule has 1 unspecified atom stereocenters. The number of aromatic nitrogens is 1. The molecule has 25 heavy (non-hydrogen) atoms. The second-order valence-electron chi connectivity index (χ2n) is 4.64. The van der Waals surface area contributed by atoms with Gasteiger partial charge < -0.3 is 15.5 Å². The van der Waals surface area contributed by atoms with Gasteiger partial charge in [-0.25, -0.2) is 9.78 Å². The minimum atomic E-state index is -5.16. The molecule has 10 nitrogen and oxygen atoms in total. The standard InChI is InChI=1S/C12H10F3N3O7/c13-12(14,15)6-3-5(18(24)25)4-16-9(6)10(21)17-7(11(22)23)1-2-8(19)20/h3-4,7H,1-2H2,(H,17,21)(H,19,20)(H,22,23). The molecule has 0 aromatic carbocycles. The first-order valence-electron chi connectivity index (χ1n) is 6.40. The Morgan fingerprint density at radius 1 is 1.32 bits per heavy atom. The van der Waals surface area contributed by atoms with Gasteiger partial charge in [0.05, 0.1) is 10.5 Å². The number of rotatable bonds is 7. The monoisotopic (exact) mass is 365 g/mol. The fourth-order valence-electron chi connectivity index (χ4n) is 1.70. The first kappa shape index (κ1) is 19.8. The lowest BCUT2D eigenvalue weighted by Gasteiger charge is -2.15. The predicted molar refractivity (Wildman–Crippen MR) is 71.7 cm³/mol. The van der Waals surface area contributed by atoms with Crippen molar-refractivity contribution in [2.45, 2.75) is 25.1 Å². The van der Waals surface area contributed by atoms with Crippen molar-refractivity contribution in [3.05, 3.63) is 33.6 Å². The molecule has 13 heteroatoms. The van der Waals surface area contributed by atoms with Crippen molar-refractivity contribution in [2.75, 3.05) is 0 Å². The SMILES string of the molecule is O=C(O)CCC(NC(=O)c1ncc([N+](=O)[O-])cc1C(F)(F)F)C(=O)O. The van der Waals surface area contributed by atoms with E-state index in [0.717, 1.165) is 0 Å². The second-order valence-corrected chi connectivity index (χ2v) is 4.64. The van der Waals surface area contributed by atoms with Gasteiger partial charge >= 0.3 is 18.1 Å². The summed E-state index contributed by atoms with van der Waals surface area (Å²) in [6.45, 7) is 0. The maximum Gasteiger partial charge on any atom is 0.418 e. The lowest BCUT2D eigenvalue weighted by atomic mass is 10.1. The van der Waals surface area contributed by atoms with Gasteiger partial charge in [0.25, 0.3) is 11.6 Å². The van der Waals surface area contributed by atoms with Crippen molar-refractivity contribution in [2.24, 2.45) is 0 Å². The summed E-state index contributed by atoms with van der Waals surface area (Å²) in [5.74, 6) is -4.59. The van der Waals surface area contributed by atoms with Crippen LogP contribution in [0.2, 0.25) is 0 Å². The van der Waals surface area contributed by atoms with Gasteiger partial charge in [-0.15, -0.1) is 0 Å². The number of halogens is 3. The van der Waals surface area contributed by atoms with E-state index in [1.165, 1.54) is 0 Å². The molecule has 0 fully saturated rings. The molecule has 136 valence electrons. The minimum Gasteiger partial charge on any atom is -0.481 e. The third kappa shape index (κ3) is 5.40. The highest BCUT2D eigenvalue weighted by Gasteiger charge is 2.38. The first-order valence-corrected chi connectivity index (χ1v) is 6.40. The van der Waals surface area contributed by atoms with Crippen LogP contribution in [-0.4, -0.2) is 44.0 Å². The van der Waals surface area contributed by atoms with Gasteiger partial charge in [-0.2, -0.15) is 13.2 Å². The number of nitro groups is 1. The zero-order valence-electron chi connectivity index (χ0n) is 12.1. The molecule has 0 saturated carbocycles. The molecule has 1 atom stereocenters. The number of pyridine rings is 1. The number of carbonyl (C=O) groups excluding carboxylic acids is 1. The van der Waals surface area contributed by atoms with Crippen molar-refractivity contribution in [3.8, 4) is 0 Å². The molecule has 0 radical (unpaired) electrons. The van der Waals surface area contributed by atoms with E-state index in [9.17, 15) is 37.7 Å². The fourth-order valence-corrected chi connectivity index (χ4v) is 1.70. The summed E-state index contributed by atoms with van der Waals surface area (Å²) in [4.78, 5) is 45.8. The van der Waals surface area contributed by atoms with Crippen LogP contribution >= 0.6 is 0 Å². The number of amides is 1. The van der Waals surface area contributed by atoms with Crippen LogP contribution in [0.4, 0.5) is 18.9 Å². The van der Waals surface area contributed by atoms with Crippen LogP contribution in [0.3, 0.4) is 0 Å². The molecule has 1 heterocycles. The van der Waals surface area contributed by atoms with Crippen molar-refractivity contribution >= 4 is 23.5 Å². The molecule has 0 saturated heterocycles. The Hall–Kier alpha value is -3.25. The summed E-state index contributed by atoms with van der Waals surface area (Å²) in [6, 6.07) is -1.68. The summed E-state index contributed by atoms with van der Waals surface area (Å²) < 4.78 is 38.9. The number of carbonyl (C=O) groups is 3. The quantitative estimate of drug-likeness (QED) is 0.477. The number of nitrogens with one attached hydrogen (secondary N) is 1. The topological polar surface area (TPSA) is 160 Å². The number of carboxylic acids is 2. The molecular weight excluding hydrogens is 355 g/mol. The van der Waals surface area contributed by atoms with Crippen LogP contribution < -0.4 is 5.32 Å². The Morgan fingerprint density at radius 2 is 1.92 bits per heavy atom. The van der Waals surface area contributed by atoms with Crippen LogP contribution in [0.15, 0.2) is 12.3 Å². The van der Waals surface area contributed by atoms with Crippen molar-refractivity contribution in [3.63, 3.8) is 0 Å². The maximum absolute atomic E-state index is 13.0. The Bertz CT molecular complexity index is 720. The molecule has 0 aliphatic carbocycles. The summed E-state index contributed by atoms with van der Waals surface area (Å²) in [5.41, 5.74) is -3.99. The molecule has 1 aromatic rings. The summed E-state index contributed by atoms with van der Waals surface area (Å²) in [5, 5.41) is 29.6. The van der Waals surface area contributed by atoms with E-state index in [2.05, 4.69) is 4.98 Å². The van der Waals surface area contributed by atoms with Crippen LogP contribution in [0.5, 0.6) is 0 Å². The normalized spacial score (nSPS) is 12.3. The fraction of sp³-hybridized carbons (Fsp3) is 0.333. The van der Waals surface area contributed by atoms with E-state index in [1.807, 2.05) is 0 Å².